The molecule has 176 valence electrons. The topological polar surface area (TPSA) is 156 Å². The third-order valence-corrected chi connectivity index (χ3v) is 4.97. The minimum absolute atomic E-state index is 0.0948. The van der Waals surface area contributed by atoms with Crippen LogP contribution in [0.4, 0.5) is 0 Å². The van der Waals surface area contributed by atoms with E-state index in [9.17, 15) is 4.79 Å². The Hall–Kier alpha value is -3.71. The second-order valence-electron chi connectivity index (χ2n) is 7.74. The Morgan fingerprint density at radius 1 is 1.27 bits per heavy atom. The van der Waals surface area contributed by atoms with E-state index < -0.39 is 0 Å². The maximum Gasteiger partial charge on any atom is 0.270 e. The monoisotopic (exact) mass is 452 g/mol. The number of nitrogens with zero attached hydrogens (tertiary/aromatic N) is 5. The lowest BCUT2D eigenvalue weighted by Crippen LogP contribution is -2.28. The fraction of sp³-hybridized carbons (Fsp3) is 0.435. The average molecular weight is 453 g/mol. The second kappa shape index (κ2) is 13.0. The molecule has 33 heavy (non-hydrogen) atoms. The highest BCUT2D eigenvalue weighted by molar-refractivity contribution is 5.99. The van der Waals surface area contributed by atoms with Gasteiger partial charge in [-0.3, -0.25) is 4.79 Å². The second-order valence-corrected chi connectivity index (χ2v) is 7.74. The Kier molecular flexibility index (Phi) is 10.0. The number of hydrazone groups is 1. The first-order chi connectivity index (χ1) is 15.8. The van der Waals surface area contributed by atoms with Gasteiger partial charge in [-0.25, -0.2) is 20.9 Å². The van der Waals surface area contributed by atoms with Crippen molar-refractivity contribution in [3.05, 3.63) is 53.1 Å². The summed E-state index contributed by atoms with van der Waals surface area (Å²) in [5.74, 6) is 6.71. The Balaban J connectivity index is 0.000000405. The molecule has 1 aliphatic carbocycles. The molecule has 1 amide bonds. The van der Waals surface area contributed by atoms with Gasteiger partial charge in [0.2, 0.25) is 0 Å². The van der Waals surface area contributed by atoms with Crippen LogP contribution in [0.15, 0.2) is 35.4 Å². The fourth-order valence-electron chi connectivity index (χ4n) is 3.32. The first-order valence-electron chi connectivity index (χ1n) is 10.8. The van der Waals surface area contributed by atoms with Crippen molar-refractivity contribution in [1.82, 2.24) is 20.4 Å². The maximum absolute atomic E-state index is 12.4. The lowest BCUT2D eigenvalue weighted by atomic mass is 9.91. The van der Waals surface area contributed by atoms with Gasteiger partial charge in [-0.2, -0.15) is 5.26 Å². The number of nitrogens with two attached hydrogens (primary N) is 2. The van der Waals surface area contributed by atoms with Gasteiger partial charge in [-0.15, -0.1) is 5.10 Å². The minimum Gasteiger partial charge on any atom is -0.497 e. The highest BCUT2D eigenvalue weighted by Crippen LogP contribution is 2.22. The Morgan fingerprint density at radius 2 is 1.97 bits per heavy atom. The molecule has 3 rings (SSSR count). The number of hydrogen-bond donors (Lipinski definition) is 3. The van der Waals surface area contributed by atoms with Gasteiger partial charge in [0.25, 0.3) is 5.91 Å². The van der Waals surface area contributed by atoms with E-state index in [1.165, 1.54) is 32.4 Å². The zero-order valence-corrected chi connectivity index (χ0v) is 19.4. The van der Waals surface area contributed by atoms with Crippen molar-refractivity contribution in [1.29, 1.82) is 5.26 Å². The van der Waals surface area contributed by atoms with Gasteiger partial charge in [0.1, 0.15) is 23.0 Å². The van der Waals surface area contributed by atoms with Crippen LogP contribution in [0.25, 0.3) is 0 Å². The molecule has 0 saturated heterocycles. The first-order valence-corrected chi connectivity index (χ1v) is 10.8. The Labute approximate surface area is 194 Å². The zero-order chi connectivity index (χ0) is 24.2. The molecular weight excluding hydrogens is 420 g/mol. The number of amides is 1. The Bertz CT molecular complexity index is 994. The number of methoxy groups -OCH3 is 1. The summed E-state index contributed by atoms with van der Waals surface area (Å²) in [6, 6.07) is 11.2. The van der Waals surface area contributed by atoms with Gasteiger partial charge in [0.15, 0.2) is 5.84 Å². The number of hydrogen-bond acceptors (Lipinski definition) is 8. The van der Waals surface area contributed by atoms with E-state index in [0.717, 1.165) is 29.3 Å². The molecule has 1 heterocycles. The average Bonchev–Trinajstić information content (AvgIpc) is 2.82. The van der Waals surface area contributed by atoms with E-state index in [1.807, 2.05) is 24.3 Å². The summed E-state index contributed by atoms with van der Waals surface area (Å²) in [4.78, 5) is 20.7. The van der Waals surface area contributed by atoms with Gasteiger partial charge in [-0.1, -0.05) is 31.4 Å². The Morgan fingerprint density at radius 3 is 2.58 bits per heavy atom. The highest BCUT2D eigenvalue weighted by atomic mass is 16.5. The molecule has 0 radical (unpaired) electrons. The van der Waals surface area contributed by atoms with E-state index >= 15 is 0 Å². The van der Waals surface area contributed by atoms with Crippen LogP contribution in [0.2, 0.25) is 0 Å². The summed E-state index contributed by atoms with van der Waals surface area (Å²) in [5, 5.41) is 16.2. The molecule has 0 aliphatic heterocycles. The van der Waals surface area contributed by atoms with Gasteiger partial charge in [0, 0.05) is 19.5 Å². The number of ether oxygens (including phenoxy) is 1. The molecule has 0 bridgehead atoms. The fourth-order valence-corrected chi connectivity index (χ4v) is 3.32. The van der Waals surface area contributed by atoms with Crippen LogP contribution in [-0.2, 0) is 6.54 Å². The number of amidine groups is 1. The van der Waals surface area contributed by atoms with Crippen molar-refractivity contribution in [3.8, 4) is 11.8 Å². The number of rotatable bonds is 6. The van der Waals surface area contributed by atoms with Gasteiger partial charge in [-0.05, 0) is 43.5 Å². The lowest BCUT2D eigenvalue weighted by Gasteiger charge is -2.13. The van der Waals surface area contributed by atoms with Crippen molar-refractivity contribution >= 4 is 11.7 Å². The number of benzene rings is 1. The van der Waals surface area contributed by atoms with Crippen molar-refractivity contribution in [3.63, 3.8) is 0 Å². The SMILES string of the molecule is COc1cccc(CNC(=O)c2cc(/C(N)=N/N(C)N)nc(C)n2)c1.N#CC1CCCCC1. The summed E-state index contributed by atoms with van der Waals surface area (Å²) < 4.78 is 5.16. The quantitative estimate of drug-likeness (QED) is 0.261. The van der Waals surface area contributed by atoms with Crippen LogP contribution in [0.5, 0.6) is 5.75 Å². The van der Waals surface area contributed by atoms with Crippen LogP contribution < -0.4 is 21.6 Å². The molecule has 1 fully saturated rings. The van der Waals surface area contributed by atoms with Crippen molar-refractivity contribution < 1.29 is 9.53 Å². The maximum atomic E-state index is 12.4. The summed E-state index contributed by atoms with van der Waals surface area (Å²) in [5.41, 5.74) is 7.26. The van der Waals surface area contributed by atoms with E-state index in [2.05, 4.69) is 26.5 Å². The van der Waals surface area contributed by atoms with Crippen LogP contribution in [0.3, 0.4) is 0 Å². The van der Waals surface area contributed by atoms with Crippen LogP contribution in [0.1, 0.15) is 59.7 Å². The molecule has 0 atom stereocenters. The molecule has 5 N–H and O–H groups in total. The third-order valence-electron chi connectivity index (χ3n) is 4.97. The third kappa shape index (κ3) is 8.74. The van der Waals surface area contributed by atoms with E-state index in [0.29, 0.717) is 24.0 Å². The predicted octanol–water partition coefficient (Wildman–Crippen LogP) is 2.24. The van der Waals surface area contributed by atoms with E-state index in [4.69, 9.17) is 21.6 Å². The number of carbonyl (C=O) groups is 1. The van der Waals surface area contributed by atoms with Crippen molar-refractivity contribution in [2.24, 2.45) is 22.6 Å². The number of hydrazine groups is 1. The number of aromatic nitrogens is 2. The molecule has 1 aliphatic rings. The van der Waals surface area contributed by atoms with Gasteiger partial charge < -0.3 is 15.8 Å². The molecular formula is C23H32N8O2. The summed E-state index contributed by atoms with van der Waals surface area (Å²) in [7, 11) is 3.12. The molecule has 1 saturated carbocycles. The minimum atomic E-state index is -0.344. The molecule has 0 unspecified atom stereocenters. The van der Waals surface area contributed by atoms with Crippen LogP contribution in [0, 0.1) is 24.2 Å². The molecule has 10 heteroatoms. The lowest BCUT2D eigenvalue weighted by molar-refractivity contribution is 0.0945. The van der Waals surface area contributed by atoms with Crippen LogP contribution in [-0.4, -0.2) is 41.0 Å². The molecule has 1 aromatic heterocycles. The van der Waals surface area contributed by atoms with Crippen molar-refractivity contribution in [2.45, 2.75) is 45.6 Å². The number of carbonyl (C=O) groups excluding carboxylic acids is 1. The molecule has 10 nitrogen and oxygen atoms in total. The van der Waals surface area contributed by atoms with Gasteiger partial charge >= 0.3 is 0 Å². The highest BCUT2D eigenvalue weighted by Gasteiger charge is 2.13. The summed E-state index contributed by atoms with van der Waals surface area (Å²) >= 11 is 0. The van der Waals surface area contributed by atoms with E-state index in [-0.39, 0.29) is 17.4 Å². The summed E-state index contributed by atoms with van der Waals surface area (Å²) in [6.07, 6.45) is 6.20. The first kappa shape index (κ1) is 25.5. The largest absolute Gasteiger partial charge is 0.497 e. The standard InChI is InChI=1S/C16H21N7O2.C7H11N/c1-10-20-13(15(17)22-23(2)18)8-14(21-10)16(24)19-9-11-5-4-6-12(7-11)25-3;8-6-7-4-2-1-3-5-7/h4-8H,9,18H2,1-3H3,(H2,17,22)(H,19,24);7H,1-5H2. The summed E-state index contributed by atoms with van der Waals surface area (Å²) in [6.45, 7) is 2.01. The number of nitriles is 1. The number of aryl methyl sites for hydroxylation is 1. The zero-order valence-electron chi connectivity index (χ0n) is 19.4. The smallest absolute Gasteiger partial charge is 0.270 e. The predicted molar refractivity (Wildman–Crippen MR) is 126 cm³/mol. The van der Waals surface area contributed by atoms with Gasteiger partial charge in [0.05, 0.1) is 13.2 Å². The van der Waals surface area contributed by atoms with Crippen LogP contribution >= 0.6 is 0 Å². The van der Waals surface area contributed by atoms with E-state index in [1.54, 1.807) is 14.0 Å². The van der Waals surface area contributed by atoms with Crippen molar-refractivity contribution in [2.75, 3.05) is 14.2 Å². The normalized spacial score (nSPS) is 13.8. The number of nitrogens with one attached hydrogen (secondary N) is 1. The molecule has 0 spiro atoms. The molecule has 1 aromatic carbocycles. The molecule has 2 aromatic rings.